The van der Waals surface area contributed by atoms with Crippen LogP contribution in [0.5, 0.6) is 0 Å². The van der Waals surface area contributed by atoms with E-state index in [0.29, 0.717) is 6.54 Å². The van der Waals surface area contributed by atoms with Crippen molar-refractivity contribution < 1.29 is 4.39 Å². The van der Waals surface area contributed by atoms with Crippen molar-refractivity contribution in [3.8, 4) is 5.69 Å². The van der Waals surface area contributed by atoms with Crippen molar-refractivity contribution in [3.05, 3.63) is 45.5 Å². The summed E-state index contributed by atoms with van der Waals surface area (Å²) in [6.07, 6.45) is 3.61. The Kier molecular flexibility index (Phi) is 4.11. The second kappa shape index (κ2) is 5.59. The van der Waals surface area contributed by atoms with Crippen molar-refractivity contribution in [2.45, 2.75) is 13.5 Å². The first-order chi connectivity index (χ1) is 8.19. The Labute approximate surface area is 113 Å². The van der Waals surface area contributed by atoms with Gasteiger partial charge in [0.25, 0.3) is 0 Å². The highest BCUT2D eigenvalue weighted by molar-refractivity contribution is 14.1. The molecule has 0 bridgehead atoms. The zero-order chi connectivity index (χ0) is 12.3. The lowest BCUT2D eigenvalue weighted by atomic mass is 10.2. The van der Waals surface area contributed by atoms with Crippen LogP contribution in [0.2, 0.25) is 0 Å². The summed E-state index contributed by atoms with van der Waals surface area (Å²) in [5.41, 5.74) is 1.67. The van der Waals surface area contributed by atoms with E-state index in [1.807, 2.05) is 19.2 Å². The lowest BCUT2D eigenvalue weighted by molar-refractivity contribution is 0.619. The van der Waals surface area contributed by atoms with E-state index in [9.17, 15) is 4.39 Å². The largest absolute Gasteiger partial charge is 0.313 e. The molecule has 0 aliphatic rings. The van der Waals surface area contributed by atoms with E-state index in [1.54, 1.807) is 16.9 Å². The quantitative estimate of drug-likeness (QED) is 0.864. The highest BCUT2D eigenvalue weighted by atomic mass is 127. The third-order valence-corrected chi connectivity index (χ3v) is 2.89. The van der Waals surface area contributed by atoms with E-state index >= 15 is 0 Å². The monoisotopic (exact) mass is 345 g/mol. The van der Waals surface area contributed by atoms with Gasteiger partial charge in [-0.15, -0.1) is 0 Å². The molecular weight excluding hydrogens is 332 g/mol. The molecular formula is C12H13FIN3. The topological polar surface area (TPSA) is 29.9 Å². The lowest BCUT2D eigenvalue weighted by Gasteiger charge is -2.06. The molecule has 0 unspecified atom stereocenters. The molecule has 0 saturated carbocycles. The highest BCUT2D eigenvalue weighted by Crippen LogP contribution is 2.14. The summed E-state index contributed by atoms with van der Waals surface area (Å²) in [5.74, 6) is -0.235. The molecule has 1 aromatic heterocycles. The smallest absolute Gasteiger partial charge is 0.125 e. The van der Waals surface area contributed by atoms with Gasteiger partial charge in [0.05, 0.1) is 15.5 Å². The van der Waals surface area contributed by atoms with E-state index < -0.39 is 0 Å². The van der Waals surface area contributed by atoms with Crippen molar-refractivity contribution >= 4 is 22.6 Å². The molecule has 0 aliphatic carbocycles. The van der Waals surface area contributed by atoms with Crippen LogP contribution in [-0.2, 0) is 6.54 Å². The lowest BCUT2D eigenvalue weighted by Crippen LogP contribution is -2.12. The van der Waals surface area contributed by atoms with Crippen LogP contribution >= 0.6 is 22.6 Å². The van der Waals surface area contributed by atoms with Crippen LogP contribution in [0.1, 0.15) is 12.5 Å². The fraction of sp³-hybridized carbons (Fsp3) is 0.250. The second-order valence-electron chi connectivity index (χ2n) is 3.70. The van der Waals surface area contributed by atoms with Gasteiger partial charge >= 0.3 is 0 Å². The first-order valence-electron chi connectivity index (χ1n) is 5.40. The Morgan fingerprint density at radius 2 is 2.24 bits per heavy atom. The van der Waals surface area contributed by atoms with Gasteiger partial charge in [-0.25, -0.2) is 9.07 Å². The van der Waals surface area contributed by atoms with Crippen LogP contribution in [0.3, 0.4) is 0 Å². The summed E-state index contributed by atoms with van der Waals surface area (Å²) in [6.45, 7) is 3.56. The maximum Gasteiger partial charge on any atom is 0.125 e. The van der Waals surface area contributed by atoms with Crippen LogP contribution in [0.25, 0.3) is 5.69 Å². The Bertz CT molecular complexity index is 510. The van der Waals surface area contributed by atoms with Crippen LogP contribution in [-0.4, -0.2) is 16.3 Å². The van der Waals surface area contributed by atoms with Gasteiger partial charge in [-0.3, -0.25) is 0 Å². The summed E-state index contributed by atoms with van der Waals surface area (Å²) >= 11 is 2.18. The molecule has 1 aromatic carbocycles. The maximum atomic E-state index is 13.5. The van der Waals surface area contributed by atoms with Crippen molar-refractivity contribution in [3.63, 3.8) is 0 Å². The first-order valence-corrected chi connectivity index (χ1v) is 6.47. The fourth-order valence-corrected chi connectivity index (χ4v) is 1.97. The summed E-state index contributed by atoms with van der Waals surface area (Å²) in [5, 5.41) is 7.35. The third kappa shape index (κ3) is 3.26. The van der Waals surface area contributed by atoms with Crippen molar-refractivity contribution in [1.29, 1.82) is 0 Å². The van der Waals surface area contributed by atoms with Gasteiger partial charge in [-0.2, -0.15) is 5.10 Å². The molecule has 0 fully saturated rings. The maximum absolute atomic E-state index is 13.5. The van der Waals surface area contributed by atoms with E-state index in [4.69, 9.17) is 0 Å². The minimum Gasteiger partial charge on any atom is -0.313 e. The molecule has 17 heavy (non-hydrogen) atoms. The molecule has 0 aliphatic heterocycles. The summed E-state index contributed by atoms with van der Waals surface area (Å²) in [4.78, 5) is 0. The molecule has 1 N–H and O–H groups in total. The molecule has 0 atom stereocenters. The average molecular weight is 345 g/mol. The first kappa shape index (κ1) is 12.5. The molecule has 2 rings (SSSR count). The number of hydrogen-bond acceptors (Lipinski definition) is 2. The second-order valence-corrected chi connectivity index (χ2v) is 4.95. The van der Waals surface area contributed by atoms with E-state index in [-0.39, 0.29) is 5.82 Å². The zero-order valence-corrected chi connectivity index (χ0v) is 11.6. The molecule has 5 heteroatoms. The number of benzene rings is 1. The van der Waals surface area contributed by atoms with Crippen molar-refractivity contribution in [2.24, 2.45) is 0 Å². The number of nitrogens with one attached hydrogen (secondary N) is 1. The minimum atomic E-state index is -0.235. The Hall–Kier alpha value is -0.950. The average Bonchev–Trinajstić information content (AvgIpc) is 2.72. The molecule has 0 radical (unpaired) electrons. The molecule has 3 nitrogen and oxygen atoms in total. The van der Waals surface area contributed by atoms with E-state index in [1.165, 1.54) is 6.07 Å². The predicted octanol–water partition coefficient (Wildman–Crippen LogP) is 2.73. The third-order valence-electron chi connectivity index (χ3n) is 2.34. The van der Waals surface area contributed by atoms with Crippen LogP contribution < -0.4 is 5.32 Å². The Morgan fingerprint density at radius 3 is 2.88 bits per heavy atom. The highest BCUT2D eigenvalue weighted by Gasteiger charge is 2.04. The Balaban J connectivity index is 2.31. The number of aromatic nitrogens is 2. The molecule has 2 aromatic rings. The van der Waals surface area contributed by atoms with Gasteiger partial charge in [0.1, 0.15) is 5.82 Å². The normalized spacial score (nSPS) is 10.8. The number of nitrogens with zero attached hydrogens (tertiary/aromatic N) is 2. The number of halogens is 2. The zero-order valence-electron chi connectivity index (χ0n) is 9.45. The SMILES string of the molecule is CCNCc1cc(F)cc(-n2cc(I)cn2)c1. The van der Waals surface area contributed by atoms with E-state index in [0.717, 1.165) is 21.4 Å². The minimum absolute atomic E-state index is 0.235. The van der Waals surface area contributed by atoms with Gasteiger partial charge in [-0.1, -0.05) is 6.92 Å². The van der Waals surface area contributed by atoms with Crippen LogP contribution in [0, 0.1) is 9.39 Å². The van der Waals surface area contributed by atoms with E-state index in [2.05, 4.69) is 33.0 Å². The fourth-order valence-electron chi connectivity index (χ4n) is 1.58. The standard InChI is InChI=1S/C12H13FIN3/c1-2-15-6-9-3-10(13)5-12(4-9)17-8-11(14)7-16-17/h3-5,7-8,15H,2,6H2,1H3. The van der Waals surface area contributed by atoms with Gasteiger partial charge in [0.2, 0.25) is 0 Å². The van der Waals surface area contributed by atoms with Crippen molar-refractivity contribution in [1.82, 2.24) is 15.1 Å². The van der Waals surface area contributed by atoms with Gasteiger partial charge < -0.3 is 5.32 Å². The van der Waals surface area contributed by atoms with Gasteiger partial charge in [-0.05, 0) is 52.9 Å². The Morgan fingerprint density at radius 1 is 1.41 bits per heavy atom. The number of hydrogen-bond donors (Lipinski definition) is 1. The van der Waals surface area contributed by atoms with Crippen LogP contribution in [0.15, 0.2) is 30.6 Å². The summed E-state index contributed by atoms with van der Waals surface area (Å²) in [6, 6.07) is 4.97. The predicted molar refractivity (Wildman–Crippen MR) is 73.6 cm³/mol. The number of rotatable bonds is 4. The molecule has 0 spiro atoms. The van der Waals surface area contributed by atoms with Gasteiger partial charge in [0.15, 0.2) is 0 Å². The molecule has 90 valence electrons. The molecule has 1 heterocycles. The summed E-state index contributed by atoms with van der Waals surface area (Å²) < 4.78 is 16.2. The summed E-state index contributed by atoms with van der Waals surface area (Å²) in [7, 11) is 0. The van der Waals surface area contributed by atoms with Crippen molar-refractivity contribution in [2.75, 3.05) is 6.54 Å². The van der Waals surface area contributed by atoms with Gasteiger partial charge in [0, 0.05) is 12.7 Å². The van der Waals surface area contributed by atoms with Crippen LogP contribution in [0.4, 0.5) is 4.39 Å². The molecule has 0 amide bonds. The molecule has 0 saturated heterocycles.